The maximum atomic E-state index is 12.8. The molecular weight excluding hydrogens is 369 g/mol. The van der Waals surface area contributed by atoms with Crippen molar-refractivity contribution < 1.29 is 31.1 Å². The van der Waals surface area contributed by atoms with E-state index in [-0.39, 0.29) is 16.0 Å². The number of hydrogen-bond donors (Lipinski definition) is 0. The van der Waals surface area contributed by atoms with Crippen molar-refractivity contribution in [2.24, 2.45) is 0 Å². The maximum Gasteiger partial charge on any atom is 0.416 e. The van der Waals surface area contributed by atoms with Crippen molar-refractivity contribution in [2.75, 3.05) is 6.26 Å². The first-order chi connectivity index (χ1) is 12.1. The van der Waals surface area contributed by atoms with Crippen LogP contribution in [0.5, 0.6) is 0 Å². The molecule has 0 aliphatic carbocycles. The minimum Gasteiger partial charge on any atom is -0.484 e. The van der Waals surface area contributed by atoms with Crippen LogP contribution in [0.3, 0.4) is 0 Å². The Bertz CT molecular complexity index is 990. The van der Waals surface area contributed by atoms with Gasteiger partial charge in [-0.1, -0.05) is 24.3 Å². The predicted octanol–water partition coefficient (Wildman–Crippen LogP) is 3.79. The van der Waals surface area contributed by atoms with Crippen LogP contribution in [-0.2, 0) is 25.5 Å². The number of hydrogen-bond acceptors (Lipinski definition) is 4. The second-order valence-electron chi connectivity index (χ2n) is 5.83. The number of sulfone groups is 1. The Morgan fingerprint density at radius 1 is 1.04 bits per heavy atom. The van der Waals surface area contributed by atoms with Gasteiger partial charge in [0.1, 0.15) is 0 Å². The quantitative estimate of drug-likeness (QED) is 0.810. The van der Waals surface area contributed by atoms with Crippen LogP contribution in [0.15, 0.2) is 59.7 Å². The lowest BCUT2D eigenvalue weighted by Crippen LogP contribution is -2.11. The topological polar surface area (TPSA) is 60.4 Å². The van der Waals surface area contributed by atoms with Crippen molar-refractivity contribution in [1.82, 2.24) is 0 Å². The third-order valence-corrected chi connectivity index (χ3v) is 5.07. The number of carbonyl (C=O) groups is 1. The summed E-state index contributed by atoms with van der Waals surface area (Å²) in [6.45, 7) is 0. The van der Waals surface area contributed by atoms with E-state index in [0.29, 0.717) is 5.56 Å². The smallest absolute Gasteiger partial charge is 0.416 e. The summed E-state index contributed by atoms with van der Waals surface area (Å²) in [5, 5.41) is 0. The summed E-state index contributed by atoms with van der Waals surface area (Å²) in [5.74, 6) is -0.489. The molecule has 0 N–H and O–H groups in total. The van der Waals surface area contributed by atoms with E-state index in [0.717, 1.165) is 24.7 Å². The van der Waals surface area contributed by atoms with Gasteiger partial charge in [-0.3, -0.25) is 4.79 Å². The van der Waals surface area contributed by atoms with E-state index in [2.05, 4.69) is 0 Å². The SMILES string of the molecule is CS(=O)(=O)c1ccc(C2OC=C(c3cccc(C(F)(F)F)c3)C2=O)cc1. The number of Topliss-reactive ketones (excluding diaryl/α,β-unsaturated/α-hetero) is 1. The van der Waals surface area contributed by atoms with E-state index in [1.54, 1.807) is 0 Å². The molecular formula is C18H13F3O4S. The lowest BCUT2D eigenvalue weighted by Gasteiger charge is -2.11. The van der Waals surface area contributed by atoms with Crippen molar-refractivity contribution in [3.05, 3.63) is 71.5 Å². The number of rotatable bonds is 3. The van der Waals surface area contributed by atoms with Crippen molar-refractivity contribution >= 4 is 21.2 Å². The highest BCUT2D eigenvalue weighted by atomic mass is 32.2. The highest BCUT2D eigenvalue weighted by molar-refractivity contribution is 7.90. The summed E-state index contributed by atoms with van der Waals surface area (Å²) >= 11 is 0. The zero-order chi connectivity index (χ0) is 19.1. The molecule has 1 aliphatic heterocycles. The molecule has 0 fully saturated rings. The van der Waals surface area contributed by atoms with Gasteiger partial charge in [0, 0.05) is 11.8 Å². The number of ether oxygens (including phenoxy) is 1. The predicted molar refractivity (Wildman–Crippen MR) is 87.8 cm³/mol. The first-order valence-corrected chi connectivity index (χ1v) is 9.34. The standard InChI is InChI=1S/C18H13F3O4S/c1-26(23,24)14-7-5-11(6-8-14)17-16(22)15(10-25-17)12-3-2-4-13(9-12)18(19,20)21/h2-10,17H,1H3. The normalized spacial score (nSPS) is 17.8. The van der Waals surface area contributed by atoms with Crippen molar-refractivity contribution in [2.45, 2.75) is 17.2 Å². The first-order valence-electron chi connectivity index (χ1n) is 7.45. The average molecular weight is 382 g/mol. The highest BCUT2D eigenvalue weighted by Gasteiger charge is 2.34. The molecule has 3 rings (SSSR count). The Labute approximate surface area is 147 Å². The molecule has 8 heteroatoms. The molecule has 1 aliphatic rings. The summed E-state index contributed by atoms with van der Waals surface area (Å²) in [6, 6.07) is 10.0. The number of ketones is 1. The third kappa shape index (κ3) is 3.50. The van der Waals surface area contributed by atoms with Gasteiger partial charge in [0.25, 0.3) is 0 Å². The number of halogens is 3. The van der Waals surface area contributed by atoms with Crippen LogP contribution in [0.2, 0.25) is 0 Å². The van der Waals surface area contributed by atoms with Gasteiger partial charge in [-0.15, -0.1) is 0 Å². The molecule has 0 spiro atoms. The molecule has 0 radical (unpaired) electrons. The van der Waals surface area contributed by atoms with Crippen LogP contribution in [0.1, 0.15) is 22.8 Å². The van der Waals surface area contributed by atoms with E-state index >= 15 is 0 Å². The van der Waals surface area contributed by atoms with Crippen LogP contribution in [0.4, 0.5) is 13.2 Å². The zero-order valence-corrected chi connectivity index (χ0v) is 14.3. The summed E-state index contributed by atoms with van der Waals surface area (Å²) in [6.07, 6.45) is -3.34. The summed E-state index contributed by atoms with van der Waals surface area (Å²) in [5.41, 5.74) is -0.293. The molecule has 4 nitrogen and oxygen atoms in total. The van der Waals surface area contributed by atoms with Crippen LogP contribution < -0.4 is 0 Å². The Balaban J connectivity index is 1.86. The molecule has 2 aromatic carbocycles. The average Bonchev–Trinajstić information content (AvgIpc) is 2.95. The minimum atomic E-state index is -4.51. The molecule has 26 heavy (non-hydrogen) atoms. The van der Waals surface area contributed by atoms with E-state index in [4.69, 9.17) is 4.74 Å². The maximum absolute atomic E-state index is 12.8. The number of benzene rings is 2. The van der Waals surface area contributed by atoms with E-state index in [1.165, 1.54) is 36.4 Å². The molecule has 1 unspecified atom stereocenters. The summed E-state index contributed by atoms with van der Waals surface area (Å²) < 4.78 is 66.8. The van der Waals surface area contributed by atoms with Gasteiger partial charge in [-0.25, -0.2) is 8.42 Å². The fourth-order valence-corrected chi connectivity index (χ4v) is 3.22. The number of carbonyl (C=O) groups excluding carboxylic acids is 1. The molecule has 1 atom stereocenters. The van der Waals surface area contributed by atoms with Gasteiger partial charge in [0.2, 0.25) is 5.78 Å². The Morgan fingerprint density at radius 3 is 2.27 bits per heavy atom. The fraction of sp³-hybridized carbons (Fsp3) is 0.167. The highest BCUT2D eigenvalue weighted by Crippen LogP contribution is 2.36. The second kappa shape index (κ2) is 6.28. The largest absolute Gasteiger partial charge is 0.484 e. The van der Waals surface area contributed by atoms with Crippen LogP contribution in [-0.4, -0.2) is 20.5 Å². The van der Waals surface area contributed by atoms with Crippen LogP contribution in [0, 0.1) is 0 Å². The molecule has 1 heterocycles. The van der Waals surface area contributed by atoms with Crippen LogP contribution in [0.25, 0.3) is 5.57 Å². The van der Waals surface area contributed by atoms with E-state index in [9.17, 15) is 26.4 Å². The zero-order valence-electron chi connectivity index (χ0n) is 13.4. The van der Waals surface area contributed by atoms with Gasteiger partial charge in [0.15, 0.2) is 15.9 Å². The number of alkyl halides is 3. The molecule has 0 amide bonds. The Hall–Kier alpha value is -2.61. The first kappa shape index (κ1) is 18.2. The Kier molecular flexibility index (Phi) is 4.39. The van der Waals surface area contributed by atoms with Gasteiger partial charge in [-0.05, 0) is 29.8 Å². The van der Waals surface area contributed by atoms with Crippen molar-refractivity contribution in [1.29, 1.82) is 0 Å². The van der Waals surface area contributed by atoms with Gasteiger partial charge in [0.05, 0.1) is 22.3 Å². The third-order valence-electron chi connectivity index (χ3n) is 3.94. The Morgan fingerprint density at radius 2 is 1.69 bits per heavy atom. The van der Waals surface area contributed by atoms with E-state index < -0.39 is 33.5 Å². The van der Waals surface area contributed by atoms with Crippen LogP contribution >= 0.6 is 0 Å². The molecule has 0 saturated heterocycles. The van der Waals surface area contributed by atoms with E-state index in [1.807, 2.05) is 0 Å². The van der Waals surface area contributed by atoms with Gasteiger partial charge in [-0.2, -0.15) is 13.2 Å². The molecule has 0 saturated carbocycles. The molecule has 0 aromatic heterocycles. The molecule has 136 valence electrons. The summed E-state index contributed by atoms with van der Waals surface area (Å²) in [4.78, 5) is 12.7. The van der Waals surface area contributed by atoms with Gasteiger partial charge >= 0.3 is 6.18 Å². The minimum absolute atomic E-state index is 0.0355. The molecule has 2 aromatic rings. The van der Waals surface area contributed by atoms with Gasteiger partial charge < -0.3 is 4.74 Å². The molecule has 0 bridgehead atoms. The monoisotopic (exact) mass is 382 g/mol. The fourth-order valence-electron chi connectivity index (χ4n) is 2.59. The lowest BCUT2D eigenvalue weighted by atomic mass is 9.96. The second-order valence-corrected chi connectivity index (χ2v) is 7.85. The lowest BCUT2D eigenvalue weighted by molar-refractivity contribution is -0.137. The van der Waals surface area contributed by atoms with Crippen molar-refractivity contribution in [3.63, 3.8) is 0 Å². The van der Waals surface area contributed by atoms with Crippen molar-refractivity contribution in [3.8, 4) is 0 Å². The summed E-state index contributed by atoms with van der Waals surface area (Å²) in [7, 11) is -3.37.